The van der Waals surface area contributed by atoms with Crippen LogP contribution in [0.3, 0.4) is 0 Å². The van der Waals surface area contributed by atoms with Crippen LogP contribution in [-0.2, 0) is 11.3 Å². The molecular formula is C13H21BFNO3. The van der Waals surface area contributed by atoms with Gasteiger partial charge in [-0.05, 0) is 25.0 Å². The fraction of sp³-hybridized carbons (Fsp3) is 0.538. The maximum atomic E-state index is 13.8. The Hall–Kier alpha value is -0.945. The Morgan fingerprint density at radius 3 is 2.58 bits per heavy atom. The first-order valence-electron chi connectivity index (χ1n) is 6.53. The van der Waals surface area contributed by atoms with Crippen molar-refractivity contribution in [1.82, 2.24) is 4.90 Å². The molecule has 0 aliphatic heterocycles. The fourth-order valence-corrected chi connectivity index (χ4v) is 1.78. The first-order chi connectivity index (χ1) is 9.08. The van der Waals surface area contributed by atoms with Gasteiger partial charge in [0.1, 0.15) is 5.82 Å². The Labute approximate surface area is 114 Å². The Morgan fingerprint density at radius 1 is 1.32 bits per heavy atom. The highest BCUT2D eigenvalue weighted by molar-refractivity contribution is 6.58. The first kappa shape index (κ1) is 16.1. The van der Waals surface area contributed by atoms with Crippen LogP contribution in [0, 0.1) is 5.82 Å². The molecule has 0 heterocycles. The Bertz CT molecular complexity index is 390. The van der Waals surface area contributed by atoms with E-state index >= 15 is 0 Å². The highest BCUT2D eigenvalue weighted by Gasteiger charge is 2.14. The van der Waals surface area contributed by atoms with Gasteiger partial charge in [-0.15, -0.1) is 0 Å². The Morgan fingerprint density at radius 2 is 2.05 bits per heavy atom. The van der Waals surface area contributed by atoms with Crippen LogP contribution in [0.25, 0.3) is 0 Å². The minimum atomic E-state index is -1.64. The van der Waals surface area contributed by atoms with E-state index in [0.717, 1.165) is 19.2 Å². The summed E-state index contributed by atoms with van der Waals surface area (Å²) in [5.74, 6) is -0.416. The number of hydrogen-bond donors (Lipinski definition) is 2. The number of nitrogens with zero attached hydrogens (tertiary/aromatic N) is 1. The van der Waals surface area contributed by atoms with Crippen LogP contribution in [0.15, 0.2) is 18.2 Å². The fourth-order valence-electron chi connectivity index (χ4n) is 1.78. The second kappa shape index (κ2) is 8.27. The van der Waals surface area contributed by atoms with Crippen molar-refractivity contribution in [2.24, 2.45) is 0 Å². The molecule has 106 valence electrons. The molecule has 0 spiro atoms. The van der Waals surface area contributed by atoms with E-state index in [-0.39, 0.29) is 5.46 Å². The van der Waals surface area contributed by atoms with Crippen molar-refractivity contribution >= 4 is 12.6 Å². The highest BCUT2D eigenvalue weighted by Crippen LogP contribution is 2.09. The van der Waals surface area contributed by atoms with E-state index in [0.29, 0.717) is 25.3 Å². The lowest BCUT2D eigenvalue weighted by atomic mass is 9.80. The number of rotatable bonds is 8. The van der Waals surface area contributed by atoms with Crippen LogP contribution in [0.5, 0.6) is 0 Å². The molecule has 0 aliphatic carbocycles. The first-order valence-corrected chi connectivity index (χ1v) is 6.53. The summed E-state index contributed by atoms with van der Waals surface area (Å²) in [5.41, 5.74) is 0.710. The van der Waals surface area contributed by atoms with E-state index in [4.69, 9.17) is 14.8 Å². The summed E-state index contributed by atoms with van der Waals surface area (Å²) in [4.78, 5) is 2.07. The minimum absolute atomic E-state index is 0.165. The zero-order valence-corrected chi connectivity index (χ0v) is 11.5. The van der Waals surface area contributed by atoms with Gasteiger partial charge in [0.15, 0.2) is 0 Å². The number of ether oxygens (including phenoxy) is 1. The maximum Gasteiger partial charge on any atom is 0.488 e. The molecule has 0 saturated carbocycles. The maximum absolute atomic E-state index is 13.8. The van der Waals surface area contributed by atoms with Gasteiger partial charge in [0.25, 0.3) is 0 Å². The van der Waals surface area contributed by atoms with Gasteiger partial charge in [-0.3, -0.25) is 4.90 Å². The quantitative estimate of drug-likeness (QED) is 0.528. The number of halogens is 1. The molecule has 0 aromatic heterocycles. The van der Waals surface area contributed by atoms with Gasteiger partial charge in [0.05, 0.1) is 6.61 Å². The van der Waals surface area contributed by atoms with Crippen molar-refractivity contribution in [2.75, 3.05) is 26.3 Å². The van der Waals surface area contributed by atoms with Gasteiger partial charge in [-0.2, -0.15) is 0 Å². The summed E-state index contributed by atoms with van der Waals surface area (Å²) in [6.07, 6.45) is 0. The Kier molecular flexibility index (Phi) is 7.01. The molecule has 1 aromatic rings. The molecule has 0 saturated heterocycles. The van der Waals surface area contributed by atoms with Crippen LogP contribution in [0.4, 0.5) is 4.39 Å². The van der Waals surface area contributed by atoms with Crippen LogP contribution >= 0.6 is 0 Å². The van der Waals surface area contributed by atoms with Crippen molar-refractivity contribution in [3.63, 3.8) is 0 Å². The van der Waals surface area contributed by atoms with Gasteiger partial charge < -0.3 is 14.8 Å². The average molecular weight is 269 g/mol. The molecule has 0 bridgehead atoms. The Balaban J connectivity index is 2.64. The summed E-state index contributed by atoms with van der Waals surface area (Å²) >= 11 is 0. The van der Waals surface area contributed by atoms with E-state index in [9.17, 15) is 4.39 Å². The van der Waals surface area contributed by atoms with Crippen molar-refractivity contribution < 1.29 is 19.2 Å². The van der Waals surface area contributed by atoms with Crippen LogP contribution in [-0.4, -0.2) is 48.4 Å². The molecule has 0 radical (unpaired) electrons. The van der Waals surface area contributed by atoms with Gasteiger partial charge in [0.2, 0.25) is 0 Å². The molecule has 6 heteroatoms. The predicted octanol–water partition coefficient (Wildman–Crippen LogP) is 0.364. The molecule has 0 aliphatic rings. The predicted molar refractivity (Wildman–Crippen MR) is 73.7 cm³/mol. The zero-order valence-electron chi connectivity index (χ0n) is 11.5. The molecule has 1 aromatic carbocycles. The summed E-state index contributed by atoms with van der Waals surface area (Å²) in [6, 6.07) is 4.28. The lowest BCUT2D eigenvalue weighted by Crippen LogP contribution is -2.31. The van der Waals surface area contributed by atoms with Crippen LogP contribution in [0.1, 0.15) is 19.4 Å². The topological polar surface area (TPSA) is 52.9 Å². The summed E-state index contributed by atoms with van der Waals surface area (Å²) in [7, 11) is -1.64. The normalized spacial score (nSPS) is 11.1. The van der Waals surface area contributed by atoms with E-state index in [1.807, 2.05) is 13.8 Å². The van der Waals surface area contributed by atoms with Crippen molar-refractivity contribution in [2.45, 2.75) is 20.4 Å². The van der Waals surface area contributed by atoms with Crippen molar-refractivity contribution in [3.8, 4) is 0 Å². The largest absolute Gasteiger partial charge is 0.488 e. The second-order valence-electron chi connectivity index (χ2n) is 4.29. The van der Waals surface area contributed by atoms with Gasteiger partial charge in [0, 0.05) is 25.3 Å². The minimum Gasteiger partial charge on any atom is -0.423 e. The third kappa shape index (κ3) is 5.28. The summed E-state index contributed by atoms with van der Waals surface area (Å²) in [6.45, 7) is 7.28. The standard InChI is InChI=1S/C13H21BFNO3/c1-3-16(7-8-19-4-2)10-11-5-6-12(14(17)18)9-13(11)15/h5-6,9,17-18H,3-4,7-8,10H2,1-2H3. The molecule has 1 rings (SSSR count). The molecule has 0 atom stereocenters. The number of likely N-dealkylation sites (N-methyl/N-ethyl adjacent to an activating group) is 1. The van der Waals surface area contributed by atoms with Gasteiger partial charge >= 0.3 is 7.12 Å². The molecular weight excluding hydrogens is 248 g/mol. The summed E-state index contributed by atoms with van der Waals surface area (Å²) < 4.78 is 19.1. The van der Waals surface area contributed by atoms with E-state index < -0.39 is 12.9 Å². The monoisotopic (exact) mass is 269 g/mol. The van der Waals surface area contributed by atoms with Gasteiger partial charge in [-0.1, -0.05) is 19.1 Å². The molecule has 2 N–H and O–H groups in total. The second-order valence-corrected chi connectivity index (χ2v) is 4.29. The smallest absolute Gasteiger partial charge is 0.423 e. The van der Waals surface area contributed by atoms with Gasteiger partial charge in [-0.25, -0.2) is 4.39 Å². The third-order valence-electron chi connectivity index (χ3n) is 2.97. The average Bonchev–Trinajstić information content (AvgIpc) is 2.39. The molecule has 4 nitrogen and oxygen atoms in total. The zero-order chi connectivity index (χ0) is 14.3. The molecule has 0 amide bonds. The lowest BCUT2D eigenvalue weighted by Gasteiger charge is -2.20. The third-order valence-corrected chi connectivity index (χ3v) is 2.97. The van der Waals surface area contributed by atoms with E-state index in [1.54, 1.807) is 6.07 Å². The lowest BCUT2D eigenvalue weighted by molar-refractivity contribution is 0.112. The van der Waals surface area contributed by atoms with E-state index in [1.165, 1.54) is 6.07 Å². The molecule has 19 heavy (non-hydrogen) atoms. The number of benzene rings is 1. The number of hydrogen-bond acceptors (Lipinski definition) is 4. The molecule has 0 unspecified atom stereocenters. The van der Waals surface area contributed by atoms with E-state index in [2.05, 4.69) is 4.90 Å². The van der Waals surface area contributed by atoms with Crippen molar-refractivity contribution in [3.05, 3.63) is 29.6 Å². The SMILES string of the molecule is CCOCCN(CC)Cc1ccc(B(O)O)cc1F. The highest BCUT2D eigenvalue weighted by atomic mass is 19.1. The van der Waals surface area contributed by atoms with Crippen LogP contribution in [0.2, 0.25) is 0 Å². The summed E-state index contributed by atoms with van der Waals surface area (Å²) in [5, 5.41) is 17.9. The molecule has 0 fully saturated rings. The van der Waals surface area contributed by atoms with Crippen molar-refractivity contribution in [1.29, 1.82) is 0 Å². The van der Waals surface area contributed by atoms with Crippen LogP contribution < -0.4 is 5.46 Å².